The van der Waals surface area contributed by atoms with Gasteiger partial charge in [0.15, 0.2) is 0 Å². The average molecular weight is 321 g/mol. The van der Waals surface area contributed by atoms with Crippen molar-refractivity contribution in [3.63, 3.8) is 0 Å². The number of aryl methyl sites for hydroxylation is 1. The predicted octanol–water partition coefficient (Wildman–Crippen LogP) is 3.71. The number of ether oxygens (including phenoxy) is 1. The molecule has 0 aliphatic carbocycles. The molecule has 5 nitrogen and oxygen atoms in total. The minimum absolute atomic E-state index is 0.145. The number of benzene rings is 1. The molecule has 0 aliphatic heterocycles. The first kappa shape index (κ1) is 17.2. The first-order valence-electron chi connectivity index (χ1n) is 7.78. The van der Waals surface area contributed by atoms with Gasteiger partial charge in [0.1, 0.15) is 18.4 Å². The van der Waals surface area contributed by atoms with E-state index in [4.69, 9.17) is 4.74 Å². The molecule has 2 heterocycles. The highest BCUT2D eigenvalue weighted by molar-refractivity contribution is 5.82. The second-order valence-corrected chi connectivity index (χ2v) is 4.94. The van der Waals surface area contributed by atoms with E-state index in [1.165, 1.54) is 0 Å². The number of nitriles is 1. The van der Waals surface area contributed by atoms with Crippen molar-refractivity contribution in [1.82, 2.24) is 9.97 Å². The van der Waals surface area contributed by atoms with Crippen molar-refractivity contribution in [3.05, 3.63) is 69.8 Å². The van der Waals surface area contributed by atoms with Crippen LogP contribution in [-0.4, -0.2) is 9.97 Å². The molecule has 1 N–H and O–H groups in total. The van der Waals surface area contributed by atoms with Crippen molar-refractivity contribution in [2.24, 2.45) is 0 Å². The normalized spacial score (nSPS) is 9.75. The monoisotopic (exact) mass is 321 g/mol. The van der Waals surface area contributed by atoms with Crippen LogP contribution in [0.2, 0.25) is 0 Å². The van der Waals surface area contributed by atoms with E-state index in [9.17, 15) is 10.1 Å². The van der Waals surface area contributed by atoms with Gasteiger partial charge in [-0.15, -0.1) is 0 Å². The Bertz CT molecular complexity index is 925. The second-order valence-electron chi connectivity index (χ2n) is 4.94. The summed E-state index contributed by atoms with van der Waals surface area (Å²) in [5, 5.41) is 10.1. The standard InChI is InChI=1S/C17H13N3O2.C2H6/c1-11-6-12-7-13(9-18)16(8-15(12)20-17(11)21)22-10-14-4-2-3-5-19-14;1-2/h2-8H,10H2,1H3,(H,20,21);1-2H3. The van der Waals surface area contributed by atoms with Crippen LogP contribution in [-0.2, 0) is 6.61 Å². The molecule has 0 fully saturated rings. The molecule has 0 amide bonds. The maximum atomic E-state index is 11.7. The van der Waals surface area contributed by atoms with Crippen molar-refractivity contribution >= 4 is 10.9 Å². The lowest BCUT2D eigenvalue weighted by Crippen LogP contribution is -2.09. The van der Waals surface area contributed by atoms with Crippen molar-refractivity contribution < 1.29 is 4.74 Å². The first-order chi connectivity index (χ1) is 11.7. The number of pyridine rings is 2. The summed E-state index contributed by atoms with van der Waals surface area (Å²) in [5.41, 5.74) is 2.30. The zero-order valence-corrected chi connectivity index (χ0v) is 14.0. The number of rotatable bonds is 3. The molecule has 0 saturated carbocycles. The fourth-order valence-corrected chi connectivity index (χ4v) is 2.19. The Kier molecular flexibility index (Phi) is 5.69. The summed E-state index contributed by atoms with van der Waals surface area (Å²) >= 11 is 0. The molecule has 24 heavy (non-hydrogen) atoms. The Morgan fingerprint density at radius 2 is 2.04 bits per heavy atom. The van der Waals surface area contributed by atoms with Crippen LogP contribution in [0.3, 0.4) is 0 Å². The summed E-state index contributed by atoms with van der Waals surface area (Å²) in [6.07, 6.45) is 1.69. The highest BCUT2D eigenvalue weighted by Crippen LogP contribution is 2.25. The maximum absolute atomic E-state index is 11.7. The third kappa shape index (κ3) is 3.79. The zero-order valence-electron chi connectivity index (χ0n) is 14.0. The molecule has 0 saturated heterocycles. The molecule has 0 atom stereocenters. The lowest BCUT2D eigenvalue weighted by Gasteiger charge is -2.09. The fourth-order valence-electron chi connectivity index (χ4n) is 2.19. The lowest BCUT2D eigenvalue weighted by molar-refractivity contribution is 0.301. The van der Waals surface area contributed by atoms with Gasteiger partial charge in [-0.2, -0.15) is 5.26 Å². The van der Waals surface area contributed by atoms with Crippen LogP contribution in [0.5, 0.6) is 5.75 Å². The smallest absolute Gasteiger partial charge is 0.251 e. The largest absolute Gasteiger partial charge is 0.486 e. The predicted molar refractivity (Wildman–Crippen MR) is 93.9 cm³/mol. The highest BCUT2D eigenvalue weighted by Gasteiger charge is 2.08. The van der Waals surface area contributed by atoms with Gasteiger partial charge >= 0.3 is 0 Å². The minimum atomic E-state index is -0.145. The Labute approximate surface area is 140 Å². The summed E-state index contributed by atoms with van der Waals surface area (Å²) in [7, 11) is 0. The molecule has 3 aromatic rings. The molecular formula is C19H19N3O2. The maximum Gasteiger partial charge on any atom is 0.251 e. The van der Waals surface area contributed by atoms with Gasteiger partial charge in [0.2, 0.25) is 0 Å². The molecule has 0 radical (unpaired) electrons. The van der Waals surface area contributed by atoms with E-state index in [-0.39, 0.29) is 12.2 Å². The highest BCUT2D eigenvalue weighted by atomic mass is 16.5. The molecule has 3 rings (SSSR count). The lowest BCUT2D eigenvalue weighted by atomic mass is 10.1. The van der Waals surface area contributed by atoms with Crippen molar-refractivity contribution in [1.29, 1.82) is 5.26 Å². The van der Waals surface area contributed by atoms with Gasteiger partial charge in [0.25, 0.3) is 5.56 Å². The van der Waals surface area contributed by atoms with Crippen LogP contribution >= 0.6 is 0 Å². The second kappa shape index (κ2) is 7.93. The van der Waals surface area contributed by atoms with Crippen LogP contribution in [0.1, 0.15) is 30.7 Å². The van der Waals surface area contributed by atoms with Crippen molar-refractivity contribution in [2.75, 3.05) is 0 Å². The molecule has 0 bridgehead atoms. The summed E-state index contributed by atoms with van der Waals surface area (Å²) < 4.78 is 5.69. The molecule has 1 aromatic carbocycles. The minimum Gasteiger partial charge on any atom is -0.486 e. The Morgan fingerprint density at radius 3 is 2.71 bits per heavy atom. The molecule has 2 aromatic heterocycles. The fraction of sp³-hybridized carbons (Fsp3) is 0.211. The molecule has 5 heteroatoms. The van der Waals surface area contributed by atoms with Gasteiger partial charge in [0, 0.05) is 23.2 Å². The number of aromatic nitrogens is 2. The third-order valence-corrected chi connectivity index (χ3v) is 3.35. The van der Waals surface area contributed by atoms with Crippen LogP contribution < -0.4 is 10.3 Å². The molecule has 122 valence electrons. The van der Waals surface area contributed by atoms with E-state index in [0.717, 1.165) is 11.1 Å². The SMILES string of the molecule is CC.Cc1cc2cc(C#N)c(OCc3ccccn3)cc2[nH]c1=O. The topological polar surface area (TPSA) is 78.8 Å². The summed E-state index contributed by atoms with van der Waals surface area (Å²) in [6.45, 7) is 5.99. The third-order valence-electron chi connectivity index (χ3n) is 3.35. The van der Waals surface area contributed by atoms with E-state index in [2.05, 4.69) is 16.0 Å². The number of nitrogens with one attached hydrogen (secondary N) is 1. The van der Waals surface area contributed by atoms with Crippen molar-refractivity contribution in [2.45, 2.75) is 27.4 Å². The van der Waals surface area contributed by atoms with Crippen LogP contribution in [0.15, 0.2) is 47.4 Å². The van der Waals surface area contributed by atoms with Gasteiger partial charge < -0.3 is 9.72 Å². The van der Waals surface area contributed by atoms with Gasteiger partial charge in [-0.1, -0.05) is 19.9 Å². The summed E-state index contributed by atoms with van der Waals surface area (Å²) in [6, 6.07) is 12.8. The van der Waals surface area contributed by atoms with Gasteiger partial charge in [-0.3, -0.25) is 9.78 Å². The number of hydrogen-bond acceptors (Lipinski definition) is 4. The average Bonchev–Trinajstić information content (AvgIpc) is 2.63. The van der Waals surface area contributed by atoms with E-state index >= 15 is 0 Å². The van der Waals surface area contributed by atoms with Gasteiger partial charge in [-0.25, -0.2) is 0 Å². The van der Waals surface area contributed by atoms with Crippen LogP contribution in [0.25, 0.3) is 10.9 Å². The van der Waals surface area contributed by atoms with Crippen LogP contribution in [0.4, 0.5) is 0 Å². The van der Waals surface area contributed by atoms with E-state index in [0.29, 0.717) is 22.4 Å². The van der Waals surface area contributed by atoms with Gasteiger partial charge in [-0.05, 0) is 31.2 Å². The number of fused-ring (bicyclic) bond motifs is 1. The van der Waals surface area contributed by atoms with E-state index in [1.54, 1.807) is 31.3 Å². The molecule has 0 aliphatic rings. The Hall–Kier alpha value is -3.13. The quantitative estimate of drug-likeness (QED) is 0.797. The Morgan fingerprint density at radius 1 is 1.25 bits per heavy atom. The number of H-pyrrole nitrogens is 1. The summed E-state index contributed by atoms with van der Waals surface area (Å²) in [5.74, 6) is 0.431. The number of nitrogens with zero attached hydrogens (tertiary/aromatic N) is 2. The van der Waals surface area contributed by atoms with Crippen molar-refractivity contribution in [3.8, 4) is 11.8 Å². The van der Waals surface area contributed by atoms with Gasteiger partial charge in [0.05, 0.1) is 16.8 Å². The summed E-state index contributed by atoms with van der Waals surface area (Å²) in [4.78, 5) is 18.7. The molecular weight excluding hydrogens is 302 g/mol. The molecule has 0 spiro atoms. The first-order valence-corrected chi connectivity index (χ1v) is 7.78. The van der Waals surface area contributed by atoms with E-state index < -0.39 is 0 Å². The van der Waals surface area contributed by atoms with E-state index in [1.807, 2.05) is 32.0 Å². The Balaban J connectivity index is 0.00000100. The number of aromatic amines is 1. The molecule has 0 unspecified atom stereocenters. The van der Waals surface area contributed by atoms with Crippen LogP contribution in [0, 0.1) is 18.3 Å². The number of hydrogen-bond donors (Lipinski definition) is 1. The zero-order chi connectivity index (χ0) is 17.5.